The van der Waals surface area contributed by atoms with Gasteiger partial charge in [-0.3, -0.25) is 14.1 Å². The lowest BCUT2D eigenvalue weighted by Crippen LogP contribution is -2.47. The summed E-state index contributed by atoms with van der Waals surface area (Å²) in [6.45, 7) is 6.80. The van der Waals surface area contributed by atoms with Gasteiger partial charge in [-0.05, 0) is 39.3 Å². The molecule has 0 aromatic rings. The van der Waals surface area contributed by atoms with Crippen molar-refractivity contribution >= 4 is 22.0 Å². The molecule has 10 heteroatoms. The molecule has 0 aromatic heterocycles. The Morgan fingerprint density at radius 3 is 2.22 bits per heavy atom. The minimum atomic E-state index is -4.08. The van der Waals surface area contributed by atoms with Crippen LogP contribution in [0, 0.1) is 0 Å². The van der Waals surface area contributed by atoms with Crippen LogP contribution in [0.5, 0.6) is 0 Å². The highest BCUT2D eigenvalue weighted by Crippen LogP contribution is 2.05. The van der Waals surface area contributed by atoms with E-state index in [1.807, 2.05) is 0 Å². The monoisotopic (exact) mass is 353 g/mol. The summed E-state index contributed by atoms with van der Waals surface area (Å²) in [5.41, 5.74) is 9.42. The van der Waals surface area contributed by atoms with E-state index in [1.165, 1.54) is 13.8 Å². The molecule has 0 radical (unpaired) electrons. The zero-order chi connectivity index (χ0) is 18.7. The maximum atomic E-state index is 10.8. The fraction of sp³-hybridized carbons (Fsp3) is 0.692. The summed E-state index contributed by atoms with van der Waals surface area (Å²) >= 11 is 0. The van der Waals surface area contributed by atoms with Gasteiger partial charge >= 0.3 is 5.97 Å². The maximum Gasteiger partial charge on any atom is 0.320 e. The SMILES string of the molecule is C=CC(=O)NC(C)(C)CS(=O)(=O)O.NCCCC[C@H](N)C(=O)O. The molecule has 0 rings (SSSR count). The minimum absolute atomic E-state index is 0.478. The smallest absolute Gasteiger partial charge is 0.320 e. The van der Waals surface area contributed by atoms with Crippen LogP contribution in [0.4, 0.5) is 0 Å². The van der Waals surface area contributed by atoms with Gasteiger partial charge in [0.1, 0.15) is 6.04 Å². The van der Waals surface area contributed by atoms with Crippen molar-refractivity contribution in [2.24, 2.45) is 11.5 Å². The Morgan fingerprint density at radius 2 is 1.87 bits per heavy atom. The van der Waals surface area contributed by atoms with Gasteiger partial charge < -0.3 is 21.9 Å². The van der Waals surface area contributed by atoms with E-state index in [9.17, 15) is 18.0 Å². The average molecular weight is 353 g/mol. The third-order valence-corrected chi connectivity index (χ3v) is 3.56. The number of nitrogens with two attached hydrogens (primary N) is 2. The van der Waals surface area contributed by atoms with Gasteiger partial charge in [-0.15, -0.1) is 0 Å². The topological polar surface area (TPSA) is 173 Å². The summed E-state index contributed by atoms with van der Waals surface area (Å²) in [5, 5.41) is 10.7. The zero-order valence-corrected chi connectivity index (χ0v) is 14.3. The number of carboxylic acid groups (broad SMARTS) is 1. The van der Waals surface area contributed by atoms with Crippen molar-refractivity contribution in [1.82, 2.24) is 5.32 Å². The molecule has 0 heterocycles. The number of amides is 1. The molecular weight excluding hydrogens is 326 g/mol. The van der Waals surface area contributed by atoms with Gasteiger partial charge in [0.15, 0.2) is 0 Å². The second-order valence-corrected chi connectivity index (χ2v) is 6.99. The molecule has 0 saturated carbocycles. The third kappa shape index (κ3) is 16.7. The highest BCUT2D eigenvalue weighted by atomic mass is 32.2. The molecule has 0 aliphatic rings. The van der Waals surface area contributed by atoms with Gasteiger partial charge in [-0.25, -0.2) is 0 Å². The van der Waals surface area contributed by atoms with E-state index in [4.69, 9.17) is 21.1 Å². The number of carbonyl (C=O) groups excluding carboxylic acids is 1. The molecule has 9 nitrogen and oxygen atoms in total. The van der Waals surface area contributed by atoms with Crippen molar-refractivity contribution in [3.63, 3.8) is 0 Å². The molecule has 0 aliphatic heterocycles. The number of aliphatic carboxylic acids is 1. The Kier molecular flexibility index (Phi) is 11.5. The van der Waals surface area contributed by atoms with Crippen molar-refractivity contribution in [2.45, 2.75) is 44.7 Å². The van der Waals surface area contributed by atoms with Crippen molar-refractivity contribution in [3.05, 3.63) is 12.7 Å². The molecule has 0 fully saturated rings. The Balaban J connectivity index is 0. The third-order valence-electron chi connectivity index (χ3n) is 2.48. The van der Waals surface area contributed by atoms with Crippen LogP contribution >= 0.6 is 0 Å². The van der Waals surface area contributed by atoms with Gasteiger partial charge in [0.2, 0.25) is 5.91 Å². The minimum Gasteiger partial charge on any atom is -0.480 e. The van der Waals surface area contributed by atoms with Gasteiger partial charge in [-0.2, -0.15) is 8.42 Å². The lowest BCUT2D eigenvalue weighted by Gasteiger charge is -2.23. The number of nitrogens with one attached hydrogen (secondary N) is 1. The largest absolute Gasteiger partial charge is 0.480 e. The normalized spacial score (nSPS) is 12.6. The highest BCUT2D eigenvalue weighted by Gasteiger charge is 2.25. The van der Waals surface area contributed by atoms with Crippen LogP contribution in [-0.2, 0) is 19.7 Å². The van der Waals surface area contributed by atoms with Gasteiger partial charge in [0.25, 0.3) is 10.1 Å². The molecule has 1 atom stereocenters. The van der Waals surface area contributed by atoms with Crippen molar-refractivity contribution in [3.8, 4) is 0 Å². The number of hydrogen-bond acceptors (Lipinski definition) is 6. The van der Waals surface area contributed by atoms with E-state index in [0.29, 0.717) is 13.0 Å². The van der Waals surface area contributed by atoms with Crippen LogP contribution in [0.3, 0.4) is 0 Å². The first kappa shape index (κ1) is 23.8. The Hall–Kier alpha value is -1.49. The Labute approximate surface area is 136 Å². The summed E-state index contributed by atoms with van der Waals surface area (Å²) in [6.07, 6.45) is 3.20. The lowest BCUT2D eigenvalue weighted by molar-refractivity contribution is -0.138. The molecular formula is C13H27N3O6S. The first-order valence-electron chi connectivity index (χ1n) is 6.93. The van der Waals surface area contributed by atoms with E-state index >= 15 is 0 Å². The lowest BCUT2D eigenvalue weighted by atomic mass is 10.1. The van der Waals surface area contributed by atoms with Gasteiger partial charge in [0.05, 0.1) is 11.3 Å². The van der Waals surface area contributed by atoms with Crippen molar-refractivity contribution in [2.75, 3.05) is 12.3 Å². The van der Waals surface area contributed by atoms with E-state index < -0.39 is 39.3 Å². The van der Waals surface area contributed by atoms with Crippen LogP contribution < -0.4 is 16.8 Å². The molecule has 7 N–H and O–H groups in total. The second kappa shape index (κ2) is 11.1. The Morgan fingerprint density at radius 1 is 1.35 bits per heavy atom. The van der Waals surface area contributed by atoms with Crippen LogP contribution in [0.25, 0.3) is 0 Å². The average Bonchev–Trinajstić information content (AvgIpc) is 2.35. The van der Waals surface area contributed by atoms with Crippen molar-refractivity contribution < 1.29 is 27.7 Å². The standard InChI is InChI=1S/C7H13NO4S.C6H14N2O2/c1-4-6(9)8-7(2,3)5-13(10,11)12;7-4-2-1-3-5(8)6(9)10/h4H,1,5H2,2-3H3,(H,8,9)(H,10,11,12);5H,1-4,7-8H2,(H,9,10)/t;5-/m.0/s1. The summed E-state index contributed by atoms with van der Waals surface area (Å²) in [6, 6.07) is -0.716. The van der Waals surface area contributed by atoms with E-state index in [2.05, 4.69) is 11.9 Å². The highest BCUT2D eigenvalue weighted by molar-refractivity contribution is 7.85. The summed E-state index contributed by atoms with van der Waals surface area (Å²) in [7, 11) is -4.08. The molecule has 1 amide bonds. The van der Waals surface area contributed by atoms with E-state index in [0.717, 1.165) is 18.9 Å². The summed E-state index contributed by atoms with van der Waals surface area (Å²) in [4.78, 5) is 20.9. The molecule has 0 bridgehead atoms. The number of hydrogen-bond donors (Lipinski definition) is 5. The Bertz CT molecular complexity index is 490. The van der Waals surface area contributed by atoms with E-state index in [-0.39, 0.29) is 0 Å². The van der Waals surface area contributed by atoms with Gasteiger partial charge in [0, 0.05) is 0 Å². The summed E-state index contributed by atoms with van der Waals surface area (Å²) in [5.74, 6) is -1.94. The first-order chi connectivity index (χ1) is 10.3. The van der Waals surface area contributed by atoms with Crippen LogP contribution in [-0.4, -0.2) is 53.8 Å². The summed E-state index contributed by atoms with van der Waals surface area (Å²) < 4.78 is 29.5. The maximum absolute atomic E-state index is 10.8. The fourth-order valence-electron chi connectivity index (χ4n) is 1.51. The predicted molar refractivity (Wildman–Crippen MR) is 87.4 cm³/mol. The molecule has 0 aromatic carbocycles. The van der Waals surface area contributed by atoms with Crippen LogP contribution in [0.1, 0.15) is 33.1 Å². The molecule has 136 valence electrons. The van der Waals surface area contributed by atoms with Gasteiger partial charge in [-0.1, -0.05) is 13.0 Å². The zero-order valence-electron chi connectivity index (χ0n) is 13.5. The molecule has 23 heavy (non-hydrogen) atoms. The first-order valence-corrected chi connectivity index (χ1v) is 8.53. The molecule has 0 unspecified atom stereocenters. The predicted octanol–water partition coefficient (Wildman–Crippen LogP) is -0.518. The fourth-order valence-corrected chi connectivity index (χ4v) is 2.49. The molecule has 0 saturated heterocycles. The molecule has 0 aliphatic carbocycles. The quantitative estimate of drug-likeness (QED) is 0.209. The second-order valence-electron chi connectivity index (χ2n) is 5.53. The number of carbonyl (C=O) groups is 2. The molecule has 0 spiro atoms. The van der Waals surface area contributed by atoms with Crippen LogP contribution in [0.2, 0.25) is 0 Å². The van der Waals surface area contributed by atoms with Crippen molar-refractivity contribution in [1.29, 1.82) is 0 Å². The number of unbranched alkanes of at least 4 members (excludes halogenated alkanes) is 1. The van der Waals surface area contributed by atoms with E-state index in [1.54, 1.807) is 0 Å². The number of carboxylic acids is 1. The number of rotatable bonds is 9. The van der Waals surface area contributed by atoms with Crippen LogP contribution in [0.15, 0.2) is 12.7 Å².